The van der Waals surface area contributed by atoms with E-state index in [-0.39, 0.29) is 10.7 Å². The van der Waals surface area contributed by atoms with Gasteiger partial charge >= 0.3 is 5.69 Å². The number of para-hydroxylation sites is 1. The van der Waals surface area contributed by atoms with Gasteiger partial charge in [0.05, 0.1) is 10.4 Å². The van der Waals surface area contributed by atoms with Crippen molar-refractivity contribution in [3.8, 4) is 0 Å². The molecule has 1 heterocycles. The number of nitrogens with zero attached hydrogens (tertiary/aromatic N) is 2. The van der Waals surface area contributed by atoms with E-state index in [1.165, 1.54) is 6.20 Å². The molecule has 1 aromatic heterocycles. The van der Waals surface area contributed by atoms with E-state index in [1.807, 2.05) is 13.8 Å². The van der Waals surface area contributed by atoms with E-state index in [2.05, 4.69) is 4.98 Å². The third kappa shape index (κ3) is 2.28. The predicted octanol–water partition coefficient (Wildman–Crippen LogP) is 3.82. The number of fused-ring (bicyclic) bond motifs is 1. The van der Waals surface area contributed by atoms with E-state index < -0.39 is 4.92 Å². The van der Waals surface area contributed by atoms with Crippen LogP contribution < -0.4 is 0 Å². The number of pyridine rings is 1. The molecular formula is C11H11ClN2O2. The Morgan fingerprint density at radius 3 is 2.56 bits per heavy atom. The molecule has 0 saturated carbocycles. The Morgan fingerprint density at radius 1 is 1.31 bits per heavy atom. The maximum Gasteiger partial charge on any atom is 0.306 e. The molecule has 0 N–H and O–H groups in total. The molecule has 0 bridgehead atoms. The minimum Gasteiger partial charge on any atom is -0.258 e. The molecule has 0 spiro atoms. The molecule has 84 valence electrons. The number of rotatable bonds is 1. The Balaban J connectivity index is 0.000000606. The fourth-order valence-corrected chi connectivity index (χ4v) is 1.50. The van der Waals surface area contributed by atoms with Crippen molar-refractivity contribution in [3.63, 3.8) is 0 Å². The predicted molar refractivity (Wildman–Crippen MR) is 64.8 cm³/mol. The van der Waals surface area contributed by atoms with Crippen molar-refractivity contribution in [2.45, 2.75) is 13.8 Å². The number of benzene rings is 1. The average molecular weight is 239 g/mol. The van der Waals surface area contributed by atoms with Crippen LogP contribution in [0, 0.1) is 10.1 Å². The summed E-state index contributed by atoms with van der Waals surface area (Å²) in [4.78, 5) is 13.9. The number of halogens is 1. The van der Waals surface area contributed by atoms with Gasteiger partial charge in [0.1, 0.15) is 11.2 Å². The molecule has 0 aliphatic rings. The number of hydrogen-bond acceptors (Lipinski definition) is 3. The molecular weight excluding hydrogens is 228 g/mol. The Labute approximate surface area is 98.0 Å². The van der Waals surface area contributed by atoms with Crippen LogP contribution in [0.15, 0.2) is 30.5 Å². The largest absolute Gasteiger partial charge is 0.306 e. The maximum absolute atomic E-state index is 10.5. The quantitative estimate of drug-likeness (QED) is 0.561. The molecule has 2 aromatic rings. The molecule has 0 radical (unpaired) electrons. The van der Waals surface area contributed by atoms with Crippen LogP contribution in [0.3, 0.4) is 0 Å². The smallest absolute Gasteiger partial charge is 0.258 e. The second-order valence-corrected chi connectivity index (χ2v) is 3.11. The topological polar surface area (TPSA) is 56.0 Å². The van der Waals surface area contributed by atoms with E-state index >= 15 is 0 Å². The fourth-order valence-electron chi connectivity index (χ4n) is 1.22. The Kier molecular flexibility index (Phi) is 4.19. The van der Waals surface area contributed by atoms with E-state index in [1.54, 1.807) is 24.3 Å². The highest BCUT2D eigenvalue weighted by Crippen LogP contribution is 2.30. The molecule has 0 amide bonds. The van der Waals surface area contributed by atoms with Crippen molar-refractivity contribution in [2.75, 3.05) is 0 Å². The molecule has 0 fully saturated rings. The molecule has 0 atom stereocenters. The second kappa shape index (κ2) is 5.42. The van der Waals surface area contributed by atoms with Gasteiger partial charge < -0.3 is 0 Å². The summed E-state index contributed by atoms with van der Waals surface area (Å²) in [6.07, 6.45) is 1.17. The van der Waals surface area contributed by atoms with E-state index in [0.29, 0.717) is 10.9 Å². The molecule has 0 aliphatic carbocycles. The minimum atomic E-state index is -0.540. The maximum atomic E-state index is 10.5. The van der Waals surface area contributed by atoms with Crippen LogP contribution in [-0.2, 0) is 0 Å². The summed E-state index contributed by atoms with van der Waals surface area (Å²) in [5, 5.41) is 11.3. The van der Waals surface area contributed by atoms with Gasteiger partial charge in [0.15, 0.2) is 0 Å². The van der Waals surface area contributed by atoms with Crippen LogP contribution in [0.4, 0.5) is 5.69 Å². The highest BCUT2D eigenvalue weighted by Gasteiger charge is 2.15. The Bertz CT molecular complexity index is 514. The van der Waals surface area contributed by atoms with Gasteiger partial charge in [-0.3, -0.25) is 10.1 Å². The molecule has 0 saturated heterocycles. The number of hydrogen-bond donors (Lipinski definition) is 0. The summed E-state index contributed by atoms with van der Waals surface area (Å²) in [6.45, 7) is 4.00. The van der Waals surface area contributed by atoms with E-state index in [9.17, 15) is 10.1 Å². The van der Waals surface area contributed by atoms with Crippen molar-refractivity contribution < 1.29 is 4.92 Å². The second-order valence-electron chi connectivity index (χ2n) is 2.73. The van der Waals surface area contributed by atoms with Gasteiger partial charge in [0.25, 0.3) is 0 Å². The molecule has 16 heavy (non-hydrogen) atoms. The van der Waals surface area contributed by atoms with Gasteiger partial charge in [-0.2, -0.15) is 0 Å². The molecule has 0 aliphatic heterocycles. The van der Waals surface area contributed by atoms with Crippen molar-refractivity contribution >= 4 is 28.2 Å². The highest BCUT2D eigenvalue weighted by molar-refractivity contribution is 6.37. The first kappa shape index (κ1) is 12.4. The summed E-state index contributed by atoms with van der Waals surface area (Å²) in [5.74, 6) is 0. The highest BCUT2D eigenvalue weighted by atomic mass is 35.5. The first-order chi connectivity index (χ1) is 7.70. The number of aromatic nitrogens is 1. The van der Waals surface area contributed by atoms with Gasteiger partial charge in [-0.05, 0) is 6.07 Å². The first-order valence-electron chi connectivity index (χ1n) is 4.88. The van der Waals surface area contributed by atoms with Gasteiger partial charge in [-0.1, -0.05) is 43.6 Å². The molecule has 1 aromatic carbocycles. The fraction of sp³-hybridized carbons (Fsp3) is 0.182. The van der Waals surface area contributed by atoms with Crippen LogP contribution in [0.5, 0.6) is 0 Å². The van der Waals surface area contributed by atoms with Gasteiger partial charge in [-0.15, -0.1) is 0 Å². The van der Waals surface area contributed by atoms with E-state index in [4.69, 9.17) is 11.6 Å². The molecule has 5 heteroatoms. The van der Waals surface area contributed by atoms with Gasteiger partial charge in [0, 0.05) is 5.39 Å². The SMILES string of the molecule is CC.O=[N+]([O-])c1cnc2ccccc2c1Cl. The van der Waals surface area contributed by atoms with Crippen LogP contribution >= 0.6 is 11.6 Å². The summed E-state index contributed by atoms with van der Waals surface area (Å²) in [6, 6.07) is 7.03. The average Bonchev–Trinajstić information content (AvgIpc) is 2.32. The summed E-state index contributed by atoms with van der Waals surface area (Å²) in [7, 11) is 0. The molecule has 4 nitrogen and oxygen atoms in total. The van der Waals surface area contributed by atoms with Crippen molar-refractivity contribution in [1.29, 1.82) is 0 Å². The van der Waals surface area contributed by atoms with Crippen molar-refractivity contribution in [1.82, 2.24) is 4.98 Å². The normalized spacial score (nSPS) is 9.44. The Hall–Kier alpha value is -1.68. The third-order valence-corrected chi connectivity index (χ3v) is 2.29. The monoisotopic (exact) mass is 238 g/mol. The van der Waals surface area contributed by atoms with Gasteiger partial charge in [0.2, 0.25) is 0 Å². The summed E-state index contributed by atoms with van der Waals surface area (Å²) in [5.41, 5.74) is 0.494. The van der Waals surface area contributed by atoms with Crippen LogP contribution in [-0.4, -0.2) is 9.91 Å². The Morgan fingerprint density at radius 2 is 1.94 bits per heavy atom. The van der Waals surface area contributed by atoms with Gasteiger partial charge in [-0.25, -0.2) is 4.98 Å². The molecule has 2 rings (SSSR count). The van der Waals surface area contributed by atoms with Crippen LogP contribution in [0.2, 0.25) is 5.02 Å². The lowest BCUT2D eigenvalue weighted by Gasteiger charge is -1.99. The zero-order valence-electron chi connectivity index (χ0n) is 8.98. The minimum absolute atomic E-state index is 0.139. The summed E-state index contributed by atoms with van der Waals surface area (Å²) < 4.78 is 0. The first-order valence-corrected chi connectivity index (χ1v) is 5.25. The third-order valence-electron chi connectivity index (χ3n) is 1.89. The lowest BCUT2D eigenvalue weighted by Crippen LogP contribution is -1.91. The number of nitro groups is 1. The summed E-state index contributed by atoms with van der Waals surface area (Å²) >= 11 is 5.85. The van der Waals surface area contributed by atoms with Crippen LogP contribution in [0.1, 0.15) is 13.8 Å². The zero-order chi connectivity index (χ0) is 12.1. The van der Waals surface area contributed by atoms with Crippen LogP contribution in [0.25, 0.3) is 10.9 Å². The molecule has 0 unspecified atom stereocenters. The standard InChI is InChI=1S/C9H5ClN2O2.C2H6/c10-9-6-3-1-2-4-7(6)11-5-8(9)12(13)14;1-2/h1-5H;1-2H3. The van der Waals surface area contributed by atoms with Crippen molar-refractivity contribution in [2.24, 2.45) is 0 Å². The van der Waals surface area contributed by atoms with E-state index in [0.717, 1.165) is 0 Å². The lowest BCUT2D eigenvalue weighted by molar-refractivity contribution is -0.384. The lowest BCUT2D eigenvalue weighted by atomic mass is 10.2. The zero-order valence-corrected chi connectivity index (χ0v) is 9.73. The van der Waals surface area contributed by atoms with Crippen molar-refractivity contribution in [3.05, 3.63) is 45.6 Å².